The first-order chi connectivity index (χ1) is 7.52. The maximum absolute atomic E-state index is 11.6. The summed E-state index contributed by atoms with van der Waals surface area (Å²) >= 11 is 0. The molecule has 0 spiro atoms. The molecule has 0 aromatic rings. The van der Waals surface area contributed by atoms with E-state index in [0.29, 0.717) is 19.6 Å². The molecule has 5 heteroatoms. The van der Waals surface area contributed by atoms with Gasteiger partial charge in [-0.25, -0.2) is 0 Å². The number of hydrogen-bond acceptors (Lipinski definition) is 3. The second-order valence-corrected chi connectivity index (χ2v) is 4.47. The summed E-state index contributed by atoms with van der Waals surface area (Å²) in [6.45, 7) is 3.35. The highest BCUT2D eigenvalue weighted by Gasteiger charge is 2.28. The smallest absolute Gasteiger partial charge is 0.303 e. The van der Waals surface area contributed by atoms with Gasteiger partial charge in [0.2, 0.25) is 5.91 Å². The van der Waals surface area contributed by atoms with Crippen molar-refractivity contribution in [2.75, 3.05) is 13.2 Å². The number of carbonyl (C=O) groups excluding carboxylic acids is 1. The van der Waals surface area contributed by atoms with Crippen molar-refractivity contribution in [3.8, 4) is 0 Å². The summed E-state index contributed by atoms with van der Waals surface area (Å²) in [7, 11) is 0. The van der Waals surface area contributed by atoms with Crippen molar-refractivity contribution < 1.29 is 19.4 Å². The van der Waals surface area contributed by atoms with Crippen LogP contribution in [0.2, 0.25) is 0 Å². The summed E-state index contributed by atoms with van der Waals surface area (Å²) in [6, 6.07) is 0. The zero-order chi connectivity index (χ0) is 12.0. The molecule has 0 bridgehead atoms. The third-order valence-corrected chi connectivity index (χ3v) is 2.83. The molecule has 1 heterocycles. The molecule has 5 nitrogen and oxygen atoms in total. The van der Waals surface area contributed by atoms with Gasteiger partial charge in [0, 0.05) is 31.6 Å². The van der Waals surface area contributed by atoms with Gasteiger partial charge < -0.3 is 15.2 Å². The predicted molar refractivity (Wildman–Crippen MR) is 58.1 cm³/mol. The van der Waals surface area contributed by atoms with Gasteiger partial charge in [-0.3, -0.25) is 9.59 Å². The molecule has 0 aromatic carbocycles. The van der Waals surface area contributed by atoms with Gasteiger partial charge in [-0.2, -0.15) is 0 Å². The minimum absolute atomic E-state index is 0.0489. The van der Waals surface area contributed by atoms with E-state index in [1.54, 1.807) is 0 Å². The van der Waals surface area contributed by atoms with Crippen molar-refractivity contribution in [1.29, 1.82) is 0 Å². The first-order valence-electron chi connectivity index (χ1n) is 5.62. The van der Waals surface area contributed by atoms with Crippen molar-refractivity contribution in [2.24, 2.45) is 0 Å². The highest BCUT2D eigenvalue weighted by Crippen LogP contribution is 2.19. The van der Waals surface area contributed by atoms with Crippen LogP contribution in [-0.2, 0) is 14.3 Å². The van der Waals surface area contributed by atoms with Crippen LogP contribution in [0.1, 0.15) is 39.0 Å². The van der Waals surface area contributed by atoms with E-state index in [4.69, 9.17) is 9.84 Å². The van der Waals surface area contributed by atoms with E-state index in [0.717, 1.165) is 12.8 Å². The van der Waals surface area contributed by atoms with Crippen molar-refractivity contribution in [3.63, 3.8) is 0 Å². The van der Waals surface area contributed by atoms with Crippen molar-refractivity contribution >= 4 is 11.9 Å². The summed E-state index contributed by atoms with van der Waals surface area (Å²) in [5.74, 6) is -0.921. The number of carboxylic acids is 1. The standard InChI is InChI=1S/C11H19NO4/c1-11(5-7-16-8-6-11)12-9(13)3-2-4-10(14)15/h2-8H2,1H3,(H,12,13)(H,14,15). The number of amides is 1. The Labute approximate surface area is 95.2 Å². The summed E-state index contributed by atoms with van der Waals surface area (Å²) in [6.07, 6.45) is 2.36. The Morgan fingerprint density at radius 1 is 1.31 bits per heavy atom. The zero-order valence-corrected chi connectivity index (χ0v) is 9.62. The second kappa shape index (κ2) is 5.84. The van der Waals surface area contributed by atoms with E-state index >= 15 is 0 Å². The predicted octanol–water partition coefficient (Wildman–Crippen LogP) is 0.927. The van der Waals surface area contributed by atoms with Gasteiger partial charge in [0.05, 0.1) is 0 Å². The van der Waals surface area contributed by atoms with Crippen LogP contribution in [0.4, 0.5) is 0 Å². The van der Waals surface area contributed by atoms with Crippen LogP contribution in [0, 0.1) is 0 Å². The van der Waals surface area contributed by atoms with Crippen LogP contribution in [0.3, 0.4) is 0 Å². The Kier molecular flexibility index (Phi) is 4.73. The highest BCUT2D eigenvalue weighted by atomic mass is 16.5. The van der Waals surface area contributed by atoms with Gasteiger partial charge in [-0.1, -0.05) is 0 Å². The molecule has 1 amide bonds. The minimum atomic E-state index is -0.856. The molecule has 1 aliphatic rings. The van der Waals surface area contributed by atoms with Gasteiger partial charge in [0.1, 0.15) is 0 Å². The second-order valence-electron chi connectivity index (χ2n) is 4.47. The largest absolute Gasteiger partial charge is 0.481 e. The summed E-state index contributed by atoms with van der Waals surface area (Å²) in [5, 5.41) is 11.4. The Morgan fingerprint density at radius 2 is 1.94 bits per heavy atom. The molecule has 0 atom stereocenters. The molecular formula is C11H19NO4. The van der Waals surface area contributed by atoms with Crippen LogP contribution in [-0.4, -0.2) is 35.7 Å². The Balaban J connectivity index is 2.24. The van der Waals surface area contributed by atoms with Crippen LogP contribution < -0.4 is 5.32 Å². The number of rotatable bonds is 5. The molecule has 16 heavy (non-hydrogen) atoms. The third-order valence-electron chi connectivity index (χ3n) is 2.83. The lowest BCUT2D eigenvalue weighted by atomic mass is 9.92. The lowest BCUT2D eigenvalue weighted by Crippen LogP contribution is -2.49. The van der Waals surface area contributed by atoms with Crippen LogP contribution >= 0.6 is 0 Å². The fourth-order valence-electron chi connectivity index (χ4n) is 1.75. The first kappa shape index (κ1) is 13.0. The minimum Gasteiger partial charge on any atom is -0.481 e. The van der Waals surface area contributed by atoms with Crippen molar-refractivity contribution in [2.45, 2.75) is 44.6 Å². The van der Waals surface area contributed by atoms with E-state index < -0.39 is 5.97 Å². The Hall–Kier alpha value is -1.10. The van der Waals surface area contributed by atoms with E-state index in [9.17, 15) is 9.59 Å². The number of nitrogens with one attached hydrogen (secondary N) is 1. The van der Waals surface area contributed by atoms with Crippen LogP contribution in [0.25, 0.3) is 0 Å². The molecule has 92 valence electrons. The van der Waals surface area contributed by atoms with Crippen molar-refractivity contribution in [1.82, 2.24) is 5.32 Å². The molecule has 1 rings (SSSR count). The molecule has 1 saturated heterocycles. The van der Waals surface area contributed by atoms with E-state index in [2.05, 4.69) is 5.32 Å². The average molecular weight is 229 g/mol. The maximum Gasteiger partial charge on any atom is 0.303 e. The third kappa shape index (κ3) is 4.61. The maximum atomic E-state index is 11.6. The highest BCUT2D eigenvalue weighted by molar-refractivity contribution is 5.77. The van der Waals surface area contributed by atoms with Gasteiger partial charge in [0.15, 0.2) is 0 Å². The zero-order valence-electron chi connectivity index (χ0n) is 9.62. The normalized spacial score (nSPS) is 19.1. The van der Waals surface area contributed by atoms with E-state index in [1.165, 1.54) is 0 Å². The first-order valence-corrected chi connectivity index (χ1v) is 5.62. The van der Waals surface area contributed by atoms with Gasteiger partial charge in [-0.15, -0.1) is 0 Å². The molecule has 1 aliphatic heterocycles. The molecule has 2 N–H and O–H groups in total. The van der Waals surface area contributed by atoms with Gasteiger partial charge >= 0.3 is 5.97 Å². The molecule has 0 unspecified atom stereocenters. The fourth-order valence-corrected chi connectivity index (χ4v) is 1.75. The van der Waals surface area contributed by atoms with Crippen LogP contribution in [0.15, 0.2) is 0 Å². The van der Waals surface area contributed by atoms with Crippen LogP contribution in [0.5, 0.6) is 0 Å². The molecule has 0 saturated carbocycles. The molecule has 1 fully saturated rings. The molecule has 0 aromatic heterocycles. The summed E-state index contributed by atoms with van der Waals surface area (Å²) in [5.41, 5.74) is -0.182. The average Bonchev–Trinajstić information content (AvgIpc) is 2.17. The molecular weight excluding hydrogens is 210 g/mol. The van der Waals surface area contributed by atoms with E-state index in [-0.39, 0.29) is 24.3 Å². The Bertz CT molecular complexity index is 259. The molecule has 0 radical (unpaired) electrons. The number of hydrogen-bond donors (Lipinski definition) is 2. The topological polar surface area (TPSA) is 75.6 Å². The van der Waals surface area contributed by atoms with Gasteiger partial charge in [-0.05, 0) is 26.2 Å². The van der Waals surface area contributed by atoms with Crippen molar-refractivity contribution in [3.05, 3.63) is 0 Å². The number of carboxylic acid groups (broad SMARTS) is 1. The summed E-state index contributed by atoms with van der Waals surface area (Å²) in [4.78, 5) is 21.8. The lowest BCUT2D eigenvalue weighted by Gasteiger charge is -2.34. The lowest BCUT2D eigenvalue weighted by molar-refractivity contribution is -0.137. The number of aliphatic carboxylic acids is 1. The molecule has 0 aliphatic carbocycles. The summed E-state index contributed by atoms with van der Waals surface area (Å²) < 4.78 is 5.23. The monoisotopic (exact) mass is 229 g/mol. The number of carbonyl (C=O) groups is 2. The van der Waals surface area contributed by atoms with Gasteiger partial charge in [0.25, 0.3) is 0 Å². The SMILES string of the molecule is CC1(NC(=O)CCCC(=O)O)CCOCC1. The quantitative estimate of drug-likeness (QED) is 0.735. The number of ether oxygens (including phenoxy) is 1. The van der Waals surface area contributed by atoms with E-state index in [1.807, 2.05) is 6.92 Å². The Morgan fingerprint density at radius 3 is 2.50 bits per heavy atom. The fraction of sp³-hybridized carbons (Fsp3) is 0.818.